The van der Waals surface area contributed by atoms with Crippen molar-refractivity contribution >= 4 is 38.6 Å². The van der Waals surface area contributed by atoms with Gasteiger partial charge in [-0.15, -0.1) is 11.3 Å². The Kier molecular flexibility index (Phi) is 7.51. The predicted molar refractivity (Wildman–Crippen MR) is 129 cm³/mol. The van der Waals surface area contributed by atoms with Crippen LogP contribution in [0.3, 0.4) is 0 Å². The number of sulfonamides is 1. The number of anilines is 2. The lowest BCUT2D eigenvalue weighted by Crippen LogP contribution is -2.28. The Morgan fingerprint density at radius 2 is 1.61 bits per heavy atom. The second-order valence-electron chi connectivity index (χ2n) is 7.36. The van der Waals surface area contributed by atoms with E-state index in [0.717, 1.165) is 42.6 Å². The van der Waals surface area contributed by atoms with Gasteiger partial charge in [-0.05, 0) is 66.1 Å². The molecule has 0 aliphatic heterocycles. The van der Waals surface area contributed by atoms with Crippen LogP contribution in [0.1, 0.15) is 47.5 Å². The van der Waals surface area contributed by atoms with Crippen molar-refractivity contribution in [3.63, 3.8) is 0 Å². The minimum Gasteiger partial charge on any atom is -0.321 e. The van der Waals surface area contributed by atoms with Crippen LogP contribution in [-0.4, -0.2) is 21.4 Å². The fourth-order valence-electron chi connectivity index (χ4n) is 3.22. The normalized spacial score (nSPS) is 11.3. The van der Waals surface area contributed by atoms with Crippen molar-refractivity contribution in [2.45, 2.75) is 44.4 Å². The van der Waals surface area contributed by atoms with Crippen molar-refractivity contribution in [2.24, 2.45) is 0 Å². The van der Waals surface area contributed by atoms with Crippen LogP contribution >= 0.6 is 11.3 Å². The molecule has 3 aromatic rings. The van der Waals surface area contributed by atoms with E-state index in [1.807, 2.05) is 43.3 Å². The quantitative estimate of drug-likeness (QED) is 0.447. The smallest absolute Gasteiger partial charge is 0.267 e. The summed E-state index contributed by atoms with van der Waals surface area (Å²) in [7, 11) is -2.37. The van der Waals surface area contributed by atoms with Gasteiger partial charge >= 0.3 is 0 Å². The second-order valence-corrected chi connectivity index (χ2v) is 10.2. The first-order valence-electron chi connectivity index (χ1n) is 10.4. The summed E-state index contributed by atoms with van der Waals surface area (Å²) in [5, 5.41) is 4.45. The van der Waals surface area contributed by atoms with Gasteiger partial charge in [0.15, 0.2) is 0 Å². The highest BCUT2D eigenvalue weighted by atomic mass is 32.2. The van der Waals surface area contributed by atoms with E-state index in [1.54, 1.807) is 17.5 Å². The van der Waals surface area contributed by atoms with Gasteiger partial charge in [-0.1, -0.05) is 44.5 Å². The molecule has 1 aromatic heterocycles. The largest absolute Gasteiger partial charge is 0.321 e. The third-order valence-corrected chi connectivity index (χ3v) is 8.08. The molecule has 0 radical (unpaired) electrons. The molecule has 2 aromatic carbocycles. The molecule has 0 bridgehead atoms. The maximum Gasteiger partial charge on any atom is 0.267 e. The SMILES string of the molecule is CCCCc1ccc(NC(=O)c2sccc2S(=O)(=O)N(C)c2ccc(CC)cc2)cc1. The van der Waals surface area contributed by atoms with Crippen LogP contribution < -0.4 is 9.62 Å². The molecular formula is C24H28N2O3S2. The molecule has 0 saturated heterocycles. The van der Waals surface area contributed by atoms with E-state index in [1.165, 1.54) is 23.0 Å². The maximum atomic E-state index is 13.2. The summed E-state index contributed by atoms with van der Waals surface area (Å²) in [5.41, 5.74) is 3.55. The molecule has 0 aliphatic rings. The van der Waals surface area contributed by atoms with E-state index in [4.69, 9.17) is 0 Å². The molecule has 0 saturated carbocycles. The summed E-state index contributed by atoms with van der Waals surface area (Å²) < 4.78 is 27.7. The monoisotopic (exact) mass is 456 g/mol. The first-order valence-corrected chi connectivity index (χ1v) is 12.7. The number of nitrogens with zero attached hydrogens (tertiary/aromatic N) is 1. The number of rotatable bonds is 9. The zero-order valence-corrected chi connectivity index (χ0v) is 19.7. The number of benzene rings is 2. The molecule has 0 aliphatic carbocycles. The Bertz CT molecular complexity index is 1120. The Morgan fingerprint density at radius 3 is 2.23 bits per heavy atom. The van der Waals surface area contributed by atoms with Crippen molar-refractivity contribution in [1.82, 2.24) is 0 Å². The van der Waals surface area contributed by atoms with Crippen molar-refractivity contribution < 1.29 is 13.2 Å². The fraction of sp³-hybridized carbons (Fsp3) is 0.292. The number of carbonyl (C=O) groups excluding carboxylic acids is 1. The summed E-state index contributed by atoms with van der Waals surface area (Å²) in [4.78, 5) is 13.0. The molecule has 1 heterocycles. The zero-order valence-electron chi connectivity index (χ0n) is 18.1. The van der Waals surface area contributed by atoms with Crippen molar-refractivity contribution in [3.05, 3.63) is 76.0 Å². The fourth-order valence-corrected chi connectivity index (χ4v) is 5.71. The Labute approximate surface area is 188 Å². The van der Waals surface area contributed by atoms with E-state index in [2.05, 4.69) is 12.2 Å². The predicted octanol–water partition coefficient (Wildman–Crippen LogP) is 5.73. The van der Waals surface area contributed by atoms with E-state index in [0.29, 0.717) is 11.4 Å². The molecule has 0 fully saturated rings. The van der Waals surface area contributed by atoms with Gasteiger partial charge < -0.3 is 5.32 Å². The first kappa shape index (κ1) is 23.0. The Balaban J connectivity index is 1.79. The average molecular weight is 457 g/mol. The van der Waals surface area contributed by atoms with Crippen LogP contribution in [0.5, 0.6) is 0 Å². The lowest BCUT2D eigenvalue weighted by atomic mass is 10.1. The molecule has 7 heteroatoms. The van der Waals surface area contributed by atoms with E-state index in [9.17, 15) is 13.2 Å². The van der Waals surface area contributed by atoms with Gasteiger partial charge in [0, 0.05) is 12.7 Å². The van der Waals surface area contributed by atoms with Crippen molar-refractivity contribution in [2.75, 3.05) is 16.7 Å². The number of carbonyl (C=O) groups is 1. The number of aryl methyl sites for hydroxylation is 2. The number of hydrogen-bond donors (Lipinski definition) is 1. The third-order valence-electron chi connectivity index (χ3n) is 5.21. The molecule has 3 rings (SSSR count). The van der Waals surface area contributed by atoms with Gasteiger partial charge in [0.1, 0.15) is 9.77 Å². The zero-order chi connectivity index (χ0) is 22.4. The second kappa shape index (κ2) is 10.1. The lowest BCUT2D eigenvalue weighted by molar-refractivity contribution is 0.102. The summed E-state index contributed by atoms with van der Waals surface area (Å²) in [6, 6.07) is 16.6. The highest BCUT2D eigenvalue weighted by molar-refractivity contribution is 7.93. The molecular weight excluding hydrogens is 428 g/mol. The molecule has 1 amide bonds. The van der Waals surface area contributed by atoms with Crippen molar-refractivity contribution in [1.29, 1.82) is 0 Å². The highest BCUT2D eigenvalue weighted by Gasteiger charge is 2.28. The third kappa shape index (κ3) is 5.35. The maximum absolute atomic E-state index is 13.2. The molecule has 31 heavy (non-hydrogen) atoms. The summed E-state index contributed by atoms with van der Waals surface area (Å²) >= 11 is 1.12. The molecule has 1 N–H and O–H groups in total. The molecule has 0 unspecified atom stereocenters. The van der Waals surface area contributed by atoms with Crippen LogP contribution in [0.4, 0.5) is 11.4 Å². The van der Waals surface area contributed by atoms with Gasteiger partial charge in [-0.25, -0.2) is 8.42 Å². The van der Waals surface area contributed by atoms with Crippen LogP contribution in [0.2, 0.25) is 0 Å². The Hall–Kier alpha value is -2.64. The summed E-state index contributed by atoms with van der Waals surface area (Å²) in [6.45, 7) is 4.20. The van der Waals surface area contributed by atoms with Crippen LogP contribution in [-0.2, 0) is 22.9 Å². The number of thiophene rings is 1. The molecule has 0 spiro atoms. The number of nitrogens with one attached hydrogen (secondary N) is 1. The number of hydrogen-bond acceptors (Lipinski definition) is 4. The van der Waals surface area contributed by atoms with Crippen LogP contribution in [0.15, 0.2) is 64.9 Å². The molecule has 0 atom stereocenters. The van der Waals surface area contributed by atoms with Crippen molar-refractivity contribution in [3.8, 4) is 0 Å². The topological polar surface area (TPSA) is 66.5 Å². The van der Waals surface area contributed by atoms with Crippen LogP contribution in [0.25, 0.3) is 0 Å². The van der Waals surface area contributed by atoms with E-state index in [-0.39, 0.29) is 9.77 Å². The van der Waals surface area contributed by atoms with E-state index >= 15 is 0 Å². The minimum absolute atomic E-state index is 0.0108. The summed E-state index contributed by atoms with van der Waals surface area (Å²) in [5.74, 6) is -0.426. The minimum atomic E-state index is -3.87. The van der Waals surface area contributed by atoms with Gasteiger partial charge in [0.25, 0.3) is 15.9 Å². The average Bonchev–Trinajstić information content (AvgIpc) is 3.29. The lowest BCUT2D eigenvalue weighted by Gasteiger charge is -2.20. The summed E-state index contributed by atoms with van der Waals surface area (Å²) in [6.07, 6.45) is 4.14. The highest BCUT2D eigenvalue weighted by Crippen LogP contribution is 2.29. The number of amides is 1. The first-order chi connectivity index (χ1) is 14.9. The van der Waals surface area contributed by atoms with Gasteiger partial charge in [-0.3, -0.25) is 9.10 Å². The van der Waals surface area contributed by atoms with Gasteiger partial charge in [0.2, 0.25) is 0 Å². The molecule has 164 valence electrons. The van der Waals surface area contributed by atoms with E-state index < -0.39 is 15.9 Å². The van der Waals surface area contributed by atoms with Gasteiger partial charge in [0.05, 0.1) is 5.69 Å². The van der Waals surface area contributed by atoms with Crippen LogP contribution in [0, 0.1) is 0 Å². The number of unbranched alkanes of at least 4 members (excludes halogenated alkanes) is 1. The molecule has 5 nitrogen and oxygen atoms in total. The standard InChI is InChI=1S/C24H28N2O3S2/c1-4-6-7-19-8-12-20(13-9-19)25-24(27)23-22(16-17-30-23)31(28,29)26(3)21-14-10-18(5-2)11-15-21/h8-17H,4-7H2,1-3H3,(H,25,27). The van der Waals surface area contributed by atoms with Gasteiger partial charge in [-0.2, -0.15) is 0 Å². The Morgan fingerprint density at radius 1 is 0.968 bits per heavy atom.